The lowest BCUT2D eigenvalue weighted by Gasteiger charge is -2.32. The third-order valence-electron chi connectivity index (χ3n) is 4.21. The Morgan fingerprint density at radius 1 is 1.11 bits per heavy atom. The third kappa shape index (κ3) is 2.52. The molecule has 1 aromatic rings. The monoisotopic (exact) mass is 262 g/mol. The molecule has 3 nitrogen and oxygen atoms in total. The molecule has 0 aliphatic carbocycles. The van der Waals surface area contributed by atoms with Crippen molar-refractivity contribution in [3.63, 3.8) is 0 Å². The topological polar surface area (TPSA) is 27.7 Å². The van der Waals surface area contributed by atoms with Crippen molar-refractivity contribution in [1.82, 2.24) is 0 Å². The molecule has 1 aliphatic rings. The van der Waals surface area contributed by atoms with Crippen molar-refractivity contribution in [3.05, 3.63) is 23.8 Å². The van der Waals surface area contributed by atoms with Crippen molar-refractivity contribution < 1.29 is 14.0 Å². The molecule has 2 rings (SSSR count). The maximum atomic E-state index is 6.06. The minimum Gasteiger partial charge on any atom is -0.496 e. The van der Waals surface area contributed by atoms with Gasteiger partial charge in [0.25, 0.3) is 0 Å². The van der Waals surface area contributed by atoms with Gasteiger partial charge in [0, 0.05) is 0 Å². The molecule has 1 saturated heterocycles. The summed E-state index contributed by atoms with van der Waals surface area (Å²) in [4.78, 5) is 0. The summed E-state index contributed by atoms with van der Waals surface area (Å²) < 4.78 is 17.5. The Bertz CT molecular complexity index is 452. The first-order chi connectivity index (χ1) is 8.80. The second kappa shape index (κ2) is 4.84. The lowest BCUT2D eigenvalue weighted by Crippen LogP contribution is -2.41. The van der Waals surface area contributed by atoms with Gasteiger partial charge in [-0.1, -0.05) is 19.1 Å². The molecule has 0 unspecified atom stereocenters. The zero-order chi connectivity index (χ0) is 14.3. The Labute approximate surface area is 116 Å². The minimum absolute atomic E-state index is 0.302. The van der Waals surface area contributed by atoms with Crippen molar-refractivity contribution in [1.29, 1.82) is 0 Å². The van der Waals surface area contributed by atoms with Crippen molar-refractivity contribution in [2.45, 2.75) is 52.2 Å². The van der Waals surface area contributed by atoms with Gasteiger partial charge in [-0.25, -0.2) is 0 Å². The largest absolute Gasteiger partial charge is 0.496 e. The van der Waals surface area contributed by atoms with Crippen LogP contribution in [0.4, 0.5) is 0 Å². The van der Waals surface area contributed by atoms with Crippen LogP contribution in [-0.4, -0.2) is 25.4 Å². The van der Waals surface area contributed by atoms with Crippen LogP contribution in [0.2, 0.25) is 0 Å². The smallest absolute Gasteiger partial charge is 0.494 e. The summed E-state index contributed by atoms with van der Waals surface area (Å²) in [5.74, 6) is 0.919. The summed E-state index contributed by atoms with van der Waals surface area (Å²) in [6, 6.07) is 6.11. The van der Waals surface area contributed by atoms with Crippen LogP contribution < -0.4 is 10.2 Å². The molecule has 0 radical (unpaired) electrons. The molecule has 1 aromatic carbocycles. The second-order valence-corrected chi connectivity index (χ2v) is 6.01. The number of rotatable bonds is 3. The van der Waals surface area contributed by atoms with Gasteiger partial charge >= 0.3 is 7.12 Å². The van der Waals surface area contributed by atoms with Crippen LogP contribution >= 0.6 is 0 Å². The van der Waals surface area contributed by atoms with Crippen molar-refractivity contribution in [2.24, 2.45) is 0 Å². The first-order valence-electron chi connectivity index (χ1n) is 6.83. The maximum absolute atomic E-state index is 6.06. The number of methoxy groups -OCH3 is 1. The van der Waals surface area contributed by atoms with Gasteiger partial charge < -0.3 is 14.0 Å². The molecule has 0 N–H and O–H groups in total. The van der Waals surface area contributed by atoms with E-state index in [-0.39, 0.29) is 18.3 Å². The van der Waals surface area contributed by atoms with Crippen LogP contribution in [0.5, 0.6) is 5.75 Å². The minimum atomic E-state index is -0.304. The van der Waals surface area contributed by atoms with Crippen LogP contribution in [0.3, 0.4) is 0 Å². The molecular formula is C15H23BO3. The van der Waals surface area contributed by atoms with Crippen molar-refractivity contribution in [3.8, 4) is 5.75 Å². The first-order valence-corrected chi connectivity index (χ1v) is 6.83. The van der Waals surface area contributed by atoms with Gasteiger partial charge in [-0.05, 0) is 51.2 Å². The van der Waals surface area contributed by atoms with Gasteiger partial charge in [0.05, 0.1) is 18.3 Å². The molecule has 1 aliphatic heterocycles. The summed E-state index contributed by atoms with van der Waals surface area (Å²) in [6.45, 7) is 10.4. The molecule has 104 valence electrons. The molecule has 0 bridgehead atoms. The van der Waals surface area contributed by atoms with Gasteiger partial charge in [-0.3, -0.25) is 0 Å². The summed E-state index contributed by atoms with van der Waals surface area (Å²) in [7, 11) is 1.39. The highest BCUT2D eigenvalue weighted by Gasteiger charge is 2.51. The average molecular weight is 262 g/mol. The van der Waals surface area contributed by atoms with Crippen LogP contribution in [0.1, 0.15) is 40.2 Å². The molecule has 0 spiro atoms. The van der Waals surface area contributed by atoms with E-state index in [1.807, 2.05) is 12.1 Å². The van der Waals surface area contributed by atoms with E-state index in [1.54, 1.807) is 7.11 Å². The molecule has 1 heterocycles. The lowest BCUT2D eigenvalue weighted by molar-refractivity contribution is 0.00578. The molecule has 19 heavy (non-hydrogen) atoms. The first kappa shape index (κ1) is 14.4. The average Bonchev–Trinajstić information content (AvgIpc) is 2.57. The molecular weight excluding hydrogens is 239 g/mol. The van der Waals surface area contributed by atoms with E-state index in [9.17, 15) is 0 Å². The fraction of sp³-hybridized carbons (Fsp3) is 0.600. The Morgan fingerprint density at radius 3 is 2.16 bits per heavy atom. The van der Waals surface area contributed by atoms with Crippen molar-refractivity contribution >= 4 is 12.6 Å². The zero-order valence-electron chi connectivity index (χ0n) is 12.7. The fourth-order valence-electron chi connectivity index (χ4n) is 2.20. The van der Waals surface area contributed by atoms with E-state index >= 15 is 0 Å². The highest BCUT2D eigenvalue weighted by atomic mass is 16.7. The van der Waals surface area contributed by atoms with Crippen LogP contribution in [0.25, 0.3) is 0 Å². The second-order valence-electron chi connectivity index (χ2n) is 6.01. The summed E-state index contributed by atoms with van der Waals surface area (Å²) in [6.07, 6.45) is 0.927. The maximum Gasteiger partial charge on any atom is 0.494 e. The van der Waals surface area contributed by atoms with E-state index < -0.39 is 0 Å². The standard InChI is InChI=1S/C15H23BO3/c1-7-11-10-12(8-9-13(11)17-6)16-18-14(2,3)15(4,5)19-16/h8-10H,7H2,1-6H3. The number of benzene rings is 1. The Kier molecular flexibility index (Phi) is 3.67. The number of aryl methyl sites for hydroxylation is 1. The molecule has 0 saturated carbocycles. The van der Waals surface area contributed by atoms with Crippen LogP contribution in [0.15, 0.2) is 18.2 Å². The van der Waals surface area contributed by atoms with Crippen LogP contribution in [0, 0.1) is 0 Å². The van der Waals surface area contributed by atoms with Gasteiger partial charge in [0.2, 0.25) is 0 Å². The van der Waals surface area contributed by atoms with Gasteiger partial charge in [-0.2, -0.15) is 0 Å². The van der Waals surface area contributed by atoms with E-state index in [0.717, 1.165) is 17.6 Å². The Morgan fingerprint density at radius 2 is 1.68 bits per heavy atom. The normalized spacial score (nSPS) is 20.6. The van der Waals surface area contributed by atoms with E-state index in [2.05, 4.69) is 40.7 Å². The SMILES string of the molecule is CCc1cc(B2OC(C)(C)C(C)(C)O2)ccc1OC. The van der Waals surface area contributed by atoms with Crippen LogP contribution in [-0.2, 0) is 15.7 Å². The summed E-state index contributed by atoms with van der Waals surface area (Å²) >= 11 is 0. The lowest BCUT2D eigenvalue weighted by atomic mass is 9.78. The molecule has 0 atom stereocenters. The van der Waals surface area contributed by atoms with E-state index in [1.165, 1.54) is 5.56 Å². The third-order valence-corrected chi connectivity index (χ3v) is 4.21. The van der Waals surface area contributed by atoms with Crippen molar-refractivity contribution in [2.75, 3.05) is 7.11 Å². The van der Waals surface area contributed by atoms with E-state index in [0.29, 0.717) is 0 Å². The molecule has 0 amide bonds. The summed E-state index contributed by atoms with van der Waals surface area (Å²) in [5, 5.41) is 0. The van der Waals surface area contributed by atoms with E-state index in [4.69, 9.17) is 14.0 Å². The predicted molar refractivity (Wildman–Crippen MR) is 78.1 cm³/mol. The highest BCUT2D eigenvalue weighted by molar-refractivity contribution is 6.62. The number of hydrogen-bond acceptors (Lipinski definition) is 3. The number of ether oxygens (including phenoxy) is 1. The summed E-state index contributed by atoms with van der Waals surface area (Å²) in [5.41, 5.74) is 1.62. The molecule has 0 aromatic heterocycles. The zero-order valence-corrected chi connectivity index (χ0v) is 12.7. The number of hydrogen-bond donors (Lipinski definition) is 0. The predicted octanol–water partition coefficient (Wildman–Crippen LogP) is 2.56. The Balaban J connectivity index is 2.30. The highest BCUT2D eigenvalue weighted by Crippen LogP contribution is 2.36. The molecule has 1 fully saturated rings. The fourth-order valence-corrected chi connectivity index (χ4v) is 2.20. The van der Waals surface area contributed by atoms with Gasteiger partial charge in [0.15, 0.2) is 0 Å². The van der Waals surface area contributed by atoms with Gasteiger partial charge in [-0.15, -0.1) is 0 Å². The molecule has 4 heteroatoms. The quantitative estimate of drug-likeness (QED) is 0.783. The van der Waals surface area contributed by atoms with Gasteiger partial charge in [0.1, 0.15) is 5.75 Å². The Hall–Kier alpha value is -0.995.